The number of pyridine rings is 2. The Balaban J connectivity index is 1.45. The van der Waals surface area contributed by atoms with Gasteiger partial charge in [-0.25, -0.2) is 0 Å². The third-order valence-electron chi connectivity index (χ3n) is 6.29. The van der Waals surface area contributed by atoms with Crippen LogP contribution in [0.5, 0.6) is 5.75 Å². The summed E-state index contributed by atoms with van der Waals surface area (Å²) in [6.45, 7) is 5.24. The number of amides is 1. The number of aryl methyl sites for hydroxylation is 1. The lowest BCUT2D eigenvalue weighted by atomic mass is 9.97. The van der Waals surface area contributed by atoms with E-state index in [1.54, 1.807) is 0 Å². The molecule has 5 rings (SSSR count). The van der Waals surface area contributed by atoms with Crippen LogP contribution in [-0.4, -0.2) is 40.0 Å². The highest BCUT2D eigenvalue weighted by Gasteiger charge is 2.35. The van der Waals surface area contributed by atoms with Crippen LogP contribution in [0.25, 0.3) is 11.3 Å². The Bertz CT molecular complexity index is 1140. The fourth-order valence-electron chi connectivity index (χ4n) is 4.41. The van der Waals surface area contributed by atoms with Crippen molar-refractivity contribution in [3.8, 4) is 17.0 Å². The summed E-state index contributed by atoms with van der Waals surface area (Å²) < 4.78 is 6.01. The third kappa shape index (κ3) is 3.68. The number of ether oxygens (including phenoxy) is 1. The molecule has 1 aromatic carbocycles. The van der Waals surface area contributed by atoms with Gasteiger partial charge in [-0.15, -0.1) is 0 Å². The molecule has 0 saturated carbocycles. The van der Waals surface area contributed by atoms with Gasteiger partial charge < -0.3 is 9.64 Å². The molecule has 6 heteroatoms. The molecule has 0 bridgehead atoms. The van der Waals surface area contributed by atoms with Gasteiger partial charge in [-0.3, -0.25) is 14.8 Å². The molecule has 4 heterocycles. The summed E-state index contributed by atoms with van der Waals surface area (Å²) in [5, 5.41) is 0.539. The number of carbonyl (C=O) groups is 1. The lowest BCUT2D eigenvalue weighted by Gasteiger charge is -2.20. The van der Waals surface area contributed by atoms with Crippen molar-refractivity contribution >= 4 is 17.5 Å². The Morgan fingerprint density at radius 2 is 2.03 bits per heavy atom. The van der Waals surface area contributed by atoms with Gasteiger partial charge in [0.05, 0.1) is 22.3 Å². The van der Waals surface area contributed by atoms with E-state index >= 15 is 0 Å². The summed E-state index contributed by atoms with van der Waals surface area (Å²) in [5.41, 5.74) is 6.46. The highest BCUT2D eigenvalue weighted by atomic mass is 35.5. The van der Waals surface area contributed by atoms with Crippen LogP contribution >= 0.6 is 11.6 Å². The fraction of sp³-hybridized carbons (Fsp3) is 0.320. The molecule has 1 amide bonds. The average molecular weight is 434 g/mol. The molecule has 2 aromatic heterocycles. The Morgan fingerprint density at radius 1 is 1.16 bits per heavy atom. The second-order valence-corrected chi connectivity index (χ2v) is 8.75. The Labute approximate surface area is 187 Å². The summed E-state index contributed by atoms with van der Waals surface area (Å²) in [6.07, 6.45) is 6.37. The largest absolute Gasteiger partial charge is 0.489 e. The van der Waals surface area contributed by atoms with Crippen molar-refractivity contribution in [3.05, 3.63) is 75.7 Å². The van der Waals surface area contributed by atoms with E-state index in [0.29, 0.717) is 29.4 Å². The zero-order valence-corrected chi connectivity index (χ0v) is 18.4. The summed E-state index contributed by atoms with van der Waals surface area (Å²) >= 11 is 6.68. The molecular weight excluding hydrogens is 410 g/mol. The number of benzene rings is 1. The van der Waals surface area contributed by atoms with E-state index in [1.807, 2.05) is 55.4 Å². The first kappa shape index (κ1) is 20.0. The first-order chi connectivity index (χ1) is 15.0. The van der Waals surface area contributed by atoms with Crippen LogP contribution in [0.2, 0.25) is 5.02 Å². The number of aromatic nitrogens is 2. The molecule has 158 valence electrons. The smallest absolute Gasteiger partial charge is 0.258 e. The van der Waals surface area contributed by atoms with Crippen molar-refractivity contribution in [1.82, 2.24) is 14.9 Å². The molecule has 5 nitrogen and oxygen atoms in total. The minimum atomic E-state index is 0.0264. The number of carbonyl (C=O) groups excluding carboxylic acids is 1. The molecule has 2 aliphatic rings. The van der Waals surface area contributed by atoms with Crippen molar-refractivity contribution in [1.29, 1.82) is 0 Å². The lowest BCUT2D eigenvalue weighted by molar-refractivity contribution is 0.0726. The predicted molar refractivity (Wildman–Crippen MR) is 121 cm³/mol. The lowest BCUT2D eigenvalue weighted by Crippen LogP contribution is -2.36. The van der Waals surface area contributed by atoms with E-state index in [1.165, 1.54) is 0 Å². The zero-order chi connectivity index (χ0) is 21.5. The first-order valence-electron chi connectivity index (χ1n) is 10.6. The van der Waals surface area contributed by atoms with Crippen LogP contribution < -0.4 is 4.74 Å². The highest BCUT2D eigenvalue weighted by Crippen LogP contribution is 2.39. The topological polar surface area (TPSA) is 55.3 Å². The van der Waals surface area contributed by atoms with Gasteiger partial charge >= 0.3 is 0 Å². The minimum absolute atomic E-state index is 0.0264. The molecule has 0 spiro atoms. The molecule has 2 aliphatic heterocycles. The van der Waals surface area contributed by atoms with Gasteiger partial charge in [0.15, 0.2) is 5.75 Å². The van der Waals surface area contributed by atoms with Crippen molar-refractivity contribution in [3.63, 3.8) is 0 Å². The number of hydrogen-bond donors (Lipinski definition) is 0. The monoisotopic (exact) mass is 433 g/mol. The summed E-state index contributed by atoms with van der Waals surface area (Å²) in [6, 6.07) is 10.2. The second kappa shape index (κ2) is 7.97. The molecule has 0 radical (unpaired) electrons. The van der Waals surface area contributed by atoms with Gasteiger partial charge in [0.2, 0.25) is 0 Å². The standard InChI is InChI=1S/C25H24ClN3O2/c1-15-5-7-18(13-27-15)22-8-6-17(12-28-22)10-19-11-21-24(23(26)16(19)2)31-14-20-4-3-9-29(20)25(21)30/h5-8,11-13,20H,3-4,9-10,14H2,1-2H3/t20-/m1/s1. The molecule has 0 unspecified atom stereocenters. The third-order valence-corrected chi connectivity index (χ3v) is 6.74. The average Bonchev–Trinajstić information content (AvgIpc) is 3.21. The predicted octanol–water partition coefficient (Wildman–Crippen LogP) is 5.00. The maximum Gasteiger partial charge on any atom is 0.258 e. The highest BCUT2D eigenvalue weighted by molar-refractivity contribution is 6.33. The van der Waals surface area contributed by atoms with E-state index in [0.717, 1.165) is 53.0 Å². The van der Waals surface area contributed by atoms with Crippen LogP contribution in [0.15, 0.2) is 42.7 Å². The van der Waals surface area contributed by atoms with Gasteiger partial charge in [-0.1, -0.05) is 17.7 Å². The molecule has 1 saturated heterocycles. The SMILES string of the molecule is Cc1ccc(-c2ccc(Cc3cc4c(c(Cl)c3C)OC[C@H]3CCCN3C4=O)cn2)cn1. The molecule has 1 fully saturated rings. The number of hydrogen-bond acceptors (Lipinski definition) is 4. The van der Waals surface area contributed by atoms with Gasteiger partial charge in [-0.2, -0.15) is 0 Å². The van der Waals surface area contributed by atoms with Crippen LogP contribution in [0.1, 0.15) is 45.6 Å². The van der Waals surface area contributed by atoms with Crippen LogP contribution in [0, 0.1) is 13.8 Å². The minimum Gasteiger partial charge on any atom is -0.489 e. The van der Waals surface area contributed by atoms with Crippen molar-refractivity contribution in [2.75, 3.05) is 13.2 Å². The maximum atomic E-state index is 13.2. The van der Waals surface area contributed by atoms with E-state index in [2.05, 4.69) is 16.0 Å². The van der Waals surface area contributed by atoms with Crippen molar-refractivity contribution < 1.29 is 9.53 Å². The van der Waals surface area contributed by atoms with Crippen LogP contribution in [-0.2, 0) is 6.42 Å². The number of nitrogens with zero attached hydrogens (tertiary/aromatic N) is 3. The van der Waals surface area contributed by atoms with Gasteiger partial charge in [-0.05, 0) is 74.1 Å². The Morgan fingerprint density at radius 3 is 2.77 bits per heavy atom. The van der Waals surface area contributed by atoms with Crippen LogP contribution in [0.3, 0.4) is 0 Å². The summed E-state index contributed by atoms with van der Waals surface area (Å²) in [5.74, 6) is 0.557. The van der Waals surface area contributed by atoms with Crippen molar-refractivity contribution in [2.45, 2.75) is 39.2 Å². The van der Waals surface area contributed by atoms with Gasteiger partial charge in [0.25, 0.3) is 5.91 Å². The van der Waals surface area contributed by atoms with Gasteiger partial charge in [0.1, 0.15) is 6.61 Å². The Kier molecular flexibility index (Phi) is 5.14. The van der Waals surface area contributed by atoms with Crippen LogP contribution in [0.4, 0.5) is 0 Å². The fourth-order valence-corrected chi connectivity index (χ4v) is 4.69. The number of halogens is 1. The first-order valence-corrected chi connectivity index (χ1v) is 11.0. The van der Waals surface area contributed by atoms with Gasteiger partial charge in [0, 0.05) is 30.2 Å². The molecule has 0 N–H and O–H groups in total. The van der Waals surface area contributed by atoms with E-state index in [9.17, 15) is 4.79 Å². The molecule has 1 atom stereocenters. The van der Waals surface area contributed by atoms with E-state index in [-0.39, 0.29) is 11.9 Å². The molecule has 3 aromatic rings. The molecule has 31 heavy (non-hydrogen) atoms. The summed E-state index contributed by atoms with van der Waals surface area (Å²) in [7, 11) is 0. The number of rotatable bonds is 3. The second-order valence-electron chi connectivity index (χ2n) is 8.37. The Hall–Kier alpha value is -2.92. The summed E-state index contributed by atoms with van der Waals surface area (Å²) in [4.78, 5) is 24.1. The molecule has 0 aliphatic carbocycles. The van der Waals surface area contributed by atoms with E-state index in [4.69, 9.17) is 16.3 Å². The van der Waals surface area contributed by atoms with Crippen molar-refractivity contribution in [2.24, 2.45) is 0 Å². The van der Waals surface area contributed by atoms with E-state index < -0.39 is 0 Å². The quantitative estimate of drug-likeness (QED) is 0.583. The normalized spacial score (nSPS) is 17.7. The molecular formula is C25H24ClN3O2. The number of fused-ring (bicyclic) bond motifs is 2. The zero-order valence-electron chi connectivity index (χ0n) is 17.7. The maximum absolute atomic E-state index is 13.2.